The van der Waals surface area contributed by atoms with Gasteiger partial charge in [0.2, 0.25) is 0 Å². The highest BCUT2D eigenvalue weighted by molar-refractivity contribution is 7.90. The van der Waals surface area contributed by atoms with Crippen LogP contribution in [0.1, 0.15) is 31.2 Å². The van der Waals surface area contributed by atoms with Gasteiger partial charge in [-0.1, -0.05) is 25.0 Å². The van der Waals surface area contributed by atoms with Crippen molar-refractivity contribution in [2.75, 3.05) is 6.54 Å². The van der Waals surface area contributed by atoms with Crippen LogP contribution < -0.4 is 4.72 Å². The lowest BCUT2D eigenvalue weighted by Gasteiger charge is -2.05. The number of hydrogen-bond donors (Lipinski definition) is 1. The van der Waals surface area contributed by atoms with Crippen molar-refractivity contribution in [3.63, 3.8) is 0 Å². The largest absolute Gasteiger partial charge is 0.267 e. The number of benzene rings is 1. The lowest BCUT2D eigenvalue weighted by molar-refractivity contribution is 0.563. The van der Waals surface area contributed by atoms with E-state index < -0.39 is 10.0 Å². The summed E-state index contributed by atoms with van der Waals surface area (Å²) in [6, 6.07) is 7.00. The van der Waals surface area contributed by atoms with E-state index in [1.54, 1.807) is 18.2 Å². The Morgan fingerprint density at radius 1 is 1.22 bits per heavy atom. The zero-order valence-corrected chi connectivity index (χ0v) is 10.9. The van der Waals surface area contributed by atoms with E-state index in [2.05, 4.69) is 9.71 Å². The van der Waals surface area contributed by atoms with Gasteiger partial charge >= 0.3 is 0 Å². The van der Waals surface area contributed by atoms with Crippen LogP contribution in [0.2, 0.25) is 0 Å². The Morgan fingerprint density at radius 3 is 2.72 bits per heavy atom. The molecule has 1 aliphatic heterocycles. The highest BCUT2D eigenvalue weighted by Crippen LogP contribution is 2.26. The Morgan fingerprint density at radius 2 is 1.94 bits per heavy atom. The van der Waals surface area contributed by atoms with Crippen molar-refractivity contribution in [3.05, 3.63) is 29.8 Å². The number of nitrogens with one attached hydrogen (secondary N) is 1. The number of fused-ring (bicyclic) bond motifs is 1. The van der Waals surface area contributed by atoms with Gasteiger partial charge in [-0.05, 0) is 30.9 Å². The number of nitrogens with zero attached hydrogens (tertiary/aromatic N) is 1. The molecule has 5 heteroatoms. The minimum atomic E-state index is -3.38. The molecule has 0 atom stereocenters. The van der Waals surface area contributed by atoms with E-state index in [1.807, 2.05) is 6.07 Å². The highest BCUT2D eigenvalue weighted by Gasteiger charge is 2.30. The summed E-state index contributed by atoms with van der Waals surface area (Å²) in [4.78, 5) is 4.81. The SMILES string of the molecule is O=S1(=O)NC(=NCC2CCCC2)c2ccccc21. The normalized spacial score (nSPS) is 24.1. The van der Waals surface area contributed by atoms with Crippen LogP contribution in [0.15, 0.2) is 34.2 Å². The molecule has 1 aromatic rings. The molecule has 2 aliphatic rings. The van der Waals surface area contributed by atoms with Crippen LogP contribution in [0.4, 0.5) is 0 Å². The number of aliphatic imine (C=N–C) groups is 1. The Hall–Kier alpha value is -1.36. The molecule has 0 spiro atoms. The van der Waals surface area contributed by atoms with Gasteiger partial charge in [0.1, 0.15) is 5.84 Å². The minimum absolute atomic E-state index is 0.343. The first-order valence-electron chi connectivity index (χ1n) is 6.33. The second-order valence-corrected chi connectivity index (χ2v) is 6.59. The summed E-state index contributed by atoms with van der Waals surface area (Å²) in [6.45, 7) is 0.728. The van der Waals surface area contributed by atoms with E-state index in [-0.39, 0.29) is 0 Å². The quantitative estimate of drug-likeness (QED) is 0.887. The fourth-order valence-electron chi connectivity index (χ4n) is 2.66. The Kier molecular flexibility index (Phi) is 2.86. The molecule has 0 saturated heterocycles. The average Bonchev–Trinajstić information content (AvgIpc) is 2.95. The van der Waals surface area contributed by atoms with Crippen molar-refractivity contribution in [1.82, 2.24) is 4.72 Å². The third-order valence-electron chi connectivity index (χ3n) is 3.65. The van der Waals surface area contributed by atoms with Gasteiger partial charge in [0, 0.05) is 12.1 Å². The molecule has 96 valence electrons. The maximum absolute atomic E-state index is 11.9. The molecular weight excluding hydrogens is 248 g/mol. The second kappa shape index (κ2) is 4.39. The molecule has 0 aromatic heterocycles. The fraction of sp³-hybridized carbons (Fsp3) is 0.462. The van der Waals surface area contributed by atoms with E-state index in [0.717, 1.165) is 6.54 Å². The molecular formula is C13H16N2O2S. The second-order valence-electron chi connectivity index (χ2n) is 4.94. The van der Waals surface area contributed by atoms with Crippen LogP contribution in [0.5, 0.6) is 0 Å². The summed E-state index contributed by atoms with van der Waals surface area (Å²) in [6.07, 6.45) is 4.98. The van der Waals surface area contributed by atoms with Gasteiger partial charge in [-0.2, -0.15) is 0 Å². The summed E-state index contributed by atoms with van der Waals surface area (Å²) in [5.74, 6) is 1.13. The van der Waals surface area contributed by atoms with Crippen LogP contribution in [-0.2, 0) is 10.0 Å². The molecule has 3 rings (SSSR count). The van der Waals surface area contributed by atoms with Crippen LogP contribution in [0.25, 0.3) is 0 Å². The van der Waals surface area contributed by atoms with E-state index in [1.165, 1.54) is 25.7 Å². The van der Waals surface area contributed by atoms with Crippen LogP contribution in [-0.4, -0.2) is 20.8 Å². The Bertz CT molecular complexity index is 587. The summed E-state index contributed by atoms with van der Waals surface area (Å²) < 4.78 is 26.3. The van der Waals surface area contributed by atoms with Gasteiger partial charge in [-0.3, -0.25) is 9.71 Å². The van der Waals surface area contributed by atoms with Gasteiger partial charge in [-0.25, -0.2) is 8.42 Å². The maximum Gasteiger partial charge on any atom is 0.263 e. The molecule has 0 radical (unpaired) electrons. The van der Waals surface area contributed by atoms with Crippen LogP contribution in [0, 0.1) is 5.92 Å². The molecule has 1 N–H and O–H groups in total. The lowest BCUT2D eigenvalue weighted by atomic mass is 10.1. The first-order valence-corrected chi connectivity index (χ1v) is 7.82. The first kappa shape index (κ1) is 11.7. The topological polar surface area (TPSA) is 58.5 Å². The van der Waals surface area contributed by atoms with Gasteiger partial charge in [0.15, 0.2) is 0 Å². The predicted octanol–water partition coefficient (Wildman–Crippen LogP) is 1.92. The van der Waals surface area contributed by atoms with Crippen LogP contribution in [0.3, 0.4) is 0 Å². The number of rotatable bonds is 2. The molecule has 1 heterocycles. The smallest absolute Gasteiger partial charge is 0.263 e. The molecule has 1 aliphatic carbocycles. The standard InChI is InChI=1S/C13H16N2O2S/c16-18(17)12-8-4-3-7-11(12)13(15-18)14-9-10-5-1-2-6-10/h3-4,7-8,10H,1-2,5-6,9H2,(H,14,15). The monoisotopic (exact) mass is 264 g/mol. The summed E-state index contributed by atoms with van der Waals surface area (Å²) in [7, 11) is -3.38. The predicted molar refractivity (Wildman–Crippen MR) is 70.1 cm³/mol. The molecule has 4 nitrogen and oxygen atoms in total. The number of amidine groups is 1. The third kappa shape index (κ3) is 2.03. The molecule has 18 heavy (non-hydrogen) atoms. The number of hydrogen-bond acceptors (Lipinski definition) is 3. The van der Waals surface area contributed by atoms with E-state index in [0.29, 0.717) is 22.2 Å². The molecule has 1 fully saturated rings. The number of sulfonamides is 1. The van der Waals surface area contributed by atoms with Gasteiger partial charge in [0.05, 0.1) is 4.90 Å². The minimum Gasteiger partial charge on any atom is -0.267 e. The Balaban J connectivity index is 1.88. The molecule has 1 saturated carbocycles. The zero-order valence-electron chi connectivity index (χ0n) is 10.1. The van der Waals surface area contributed by atoms with Crippen molar-refractivity contribution in [2.24, 2.45) is 10.9 Å². The fourth-order valence-corrected chi connectivity index (χ4v) is 3.92. The molecule has 0 unspecified atom stereocenters. The third-order valence-corrected chi connectivity index (χ3v) is 5.04. The first-order chi connectivity index (χ1) is 8.67. The van der Waals surface area contributed by atoms with E-state index >= 15 is 0 Å². The summed E-state index contributed by atoms with van der Waals surface area (Å²) in [5, 5.41) is 0. The van der Waals surface area contributed by atoms with Crippen molar-refractivity contribution >= 4 is 15.9 Å². The molecule has 0 bridgehead atoms. The van der Waals surface area contributed by atoms with Gasteiger partial charge in [-0.15, -0.1) is 0 Å². The highest BCUT2D eigenvalue weighted by atomic mass is 32.2. The van der Waals surface area contributed by atoms with Gasteiger partial charge in [0.25, 0.3) is 10.0 Å². The van der Waals surface area contributed by atoms with Crippen molar-refractivity contribution in [2.45, 2.75) is 30.6 Å². The lowest BCUT2D eigenvalue weighted by Crippen LogP contribution is -2.23. The van der Waals surface area contributed by atoms with Crippen LogP contribution >= 0.6 is 0 Å². The molecule has 0 amide bonds. The average molecular weight is 264 g/mol. The van der Waals surface area contributed by atoms with Crippen molar-refractivity contribution in [3.8, 4) is 0 Å². The summed E-state index contributed by atoms with van der Waals surface area (Å²) in [5.41, 5.74) is 0.704. The Labute approximate surface area is 107 Å². The van der Waals surface area contributed by atoms with Crippen molar-refractivity contribution in [1.29, 1.82) is 0 Å². The van der Waals surface area contributed by atoms with E-state index in [9.17, 15) is 8.42 Å². The zero-order chi connectivity index (χ0) is 12.6. The van der Waals surface area contributed by atoms with Gasteiger partial charge < -0.3 is 0 Å². The summed E-state index contributed by atoms with van der Waals surface area (Å²) >= 11 is 0. The van der Waals surface area contributed by atoms with E-state index in [4.69, 9.17) is 0 Å². The van der Waals surface area contributed by atoms with Crippen molar-refractivity contribution < 1.29 is 8.42 Å². The maximum atomic E-state index is 11.9. The molecule has 1 aromatic carbocycles.